The van der Waals surface area contributed by atoms with Crippen molar-refractivity contribution in [2.75, 3.05) is 0 Å². The summed E-state index contributed by atoms with van der Waals surface area (Å²) in [5.41, 5.74) is 3.08. The van der Waals surface area contributed by atoms with E-state index in [1.165, 1.54) is 24.8 Å². The number of hydrogen-bond acceptors (Lipinski definition) is 0. The van der Waals surface area contributed by atoms with Crippen molar-refractivity contribution in [3.05, 3.63) is 39.5 Å². The van der Waals surface area contributed by atoms with Gasteiger partial charge in [0.15, 0.2) is 0 Å². The van der Waals surface area contributed by atoms with Crippen molar-refractivity contribution in [3.63, 3.8) is 0 Å². The Labute approximate surface area is 96.5 Å². The molecule has 1 aromatic carbocycles. The summed E-state index contributed by atoms with van der Waals surface area (Å²) < 4.78 is 3.36. The van der Waals surface area contributed by atoms with Crippen molar-refractivity contribution in [2.45, 2.75) is 30.2 Å². The maximum absolute atomic E-state index is 2.45. The van der Waals surface area contributed by atoms with Crippen LogP contribution >= 0.6 is 0 Å². The van der Waals surface area contributed by atoms with Crippen LogP contribution in [0, 0.1) is 0 Å². The van der Waals surface area contributed by atoms with Gasteiger partial charge in [0.05, 0.1) is 0 Å². The van der Waals surface area contributed by atoms with Gasteiger partial charge in [-0.05, 0) is 0 Å². The molecule has 0 aromatic heterocycles. The first-order chi connectivity index (χ1) is 6.92. The normalized spacial score (nSPS) is 19.4. The molecule has 0 saturated carbocycles. The van der Waals surface area contributed by atoms with Crippen LogP contribution in [0.2, 0.25) is 0 Å². The summed E-state index contributed by atoms with van der Waals surface area (Å²) in [5.74, 6) is 0. The molecule has 1 atom stereocenters. The number of unbranched alkanes of at least 4 members (excludes halogenated alkanes) is 1. The Bertz CT molecular complexity index is 328. The van der Waals surface area contributed by atoms with Crippen molar-refractivity contribution >= 4 is 27.0 Å². The van der Waals surface area contributed by atoms with Crippen LogP contribution in [0.4, 0.5) is 0 Å². The molecule has 0 spiro atoms. The molecule has 14 heavy (non-hydrogen) atoms. The van der Waals surface area contributed by atoms with Crippen molar-refractivity contribution in [2.24, 2.45) is 0 Å². The van der Waals surface area contributed by atoms with Crippen LogP contribution in [0.15, 0.2) is 28.4 Å². The zero-order valence-electron chi connectivity index (χ0n) is 8.57. The second-order valence-corrected chi connectivity index (χ2v) is 6.88. The molecule has 0 nitrogen and oxygen atoms in total. The third-order valence-electron chi connectivity index (χ3n) is 2.65. The first kappa shape index (κ1) is 10.3. The van der Waals surface area contributed by atoms with Gasteiger partial charge >= 0.3 is 96.7 Å². The first-order valence-electron chi connectivity index (χ1n) is 5.32. The van der Waals surface area contributed by atoms with Gasteiger partial charge in [0, 0.05) is 0 Å². The first-order valence-corrected chi connectivity index (χ1v) is 8.02. The average Bonchev–Trinajstić information content (AvgIpc) is 2.26. The van der Waals surface area contributed by atoms with Gasteiger partial charge in [0.25, 0.3) is 0 Å². The minimum atomic E-state index is 0.0910. The molecule has 2 rings (SSSR count). The summed E-state index contributed by atoms with van der Waals surface area (Å²) in [6.45, 7) is 2.28. The minimum absolute atomic E-state index is 0.0910. The van der Waals surface area contributed by atoms with Gasteiger partial charge in [-0.25, -0.2) is 0 Å². The van der Waals surface area contributed by atoms with Crippen LogP contribution in [0.25, 0.3) is 6.08 Å². The van der Waals surface area contributed by atoms with E-state index in [9.17, 15) is 0 Å². The van der Waals surface area contributed by atoms with E-state index in [1.54, 1.807) is 5.56 Å². The molecule has 0 aliphatic carbocycles. The van der Waals surface area contributed by atoms with E-state index in [0.29, 0.717) is 0 Å². The van der Waals surface area contributed by atoms with Gasteiger partial charge in [-0.3, -0.25) is 0 Å². The summed E-state index contributed by atoms with van der Waals surface area (Å²) in [6.07, 6.45) is 6.44. The molecule has 1 heteroatoms. The number of rotatable bonds is 3. The molecule has 0 saturated heterocycles. The Morgan fingerprint density at radius 2 is 2.14 bits per heavy atom. The second-order valence-electron chi connectivity index (χ2n) is 3.70. The molecule has 0 radical (unpaired) electrons. The Hall–Kier alpha value is -0.250. The quantitative estimate of drug-likeness (QED) is 0.748. The Morgan fingerprint density at radius 1 is 1.29 bits per heavy atom. The molecular weight excluding hydrogens is 284 g/mol. The monoisotopic (exact) mass is 302 g/mol. The summed E-state index contributed by atoms with van der Waals surface area (Å²) in [5, 5.41) is 0. The van der Waals surface area contributed by atoms with Crippen molar-refractivity contribution in [3.8, 4) is 0 Å². The third-order valence-corrected chi connectivity index (χ3v) is 5.83. The standard InChI is InChI=1S/C13H16Te/c1-2-3-8-13-12-7-5-4-6-11(12)9-10-14-13/h4-7,9-10,13H,2-3,8H2,1H3. The summed E-state index contributed by atoms with van der Waals surface area (Å²) in [6, 6.07) is 8.90. The van der Waals surface area contributed by atoms with Gasteiger partial charge in [0.2, 0.25) is 0 Å². The predicted octanol–water partition coefficient (Wildman–Crippen LogP) is 3.61. The van der Waals surface area contributed by atoms with Gasteiger partial charge in [-0.15, -0.1) is 0 Å². The fourth-order valence-corrected chi connectivity index (χ4v) is 4.93. The summed E-state index contributed by atoms with van der Waals surface area (Å²) in [4.78, 5) is 0. The van der Waals surface area contributed by atoms with Crippen LogP contribution in [-0.2, 0) is 0 Å². The predicted molar refractivity (Wildman–Crippen MR) is 63.5 cm³/mol. The van der Waals surface area contributed by atoms with Gasteiger partial charge in [-0.2, -0.15) is 0 Å². The fourth-order valence-electron chi connectivity index (χ4n) is 1.85. The Kier molecular flexibility index (Phi) is 3.67. The van der Waals surface area contributed by atoms with Gasteiger partial charge in [-0.1, -0.05) is 0 Å². The van der Waals surface area contributed by atoms with Crippen LogP contribution in [0.5, 0.6) is 0 Å². The SMILES string of the molecule is CCCCC1[Te]C=Cc2ccccc21. The average molecular weight is 300 g/mol. The molecule has 74 valence electrons. The van der Waals surface area contributed by atoms with Crippen molar-refractivity contribution in [1.29, 1.82) is 0 Å². The van der Waals surface area contributed by atoms with E-state index in [-0.39, 0.29) is 20.9 Å². The third kappa shape index (κ3) is 2.22. The van der Waals surface area contributed by atoms with E-state index in [0.717, 1.165) is 3.97 Å². The molecular formula is C13H16Te. The molecule has 1 heterocycles. The molecule has 0 amide bonds. The zero-order valence-corrected chi connectivity index (χ0v) is 10.9. The molecule has 0 fully saturated rings. The van der Waals surface area contributed by atoms with Crippen LogP contribution in [-0.4, -0.2) is 20.9 Å². The molecule has 1 aliphatic heterocycles. The topological polar surface area (TPSA) is 0 Å². The zero-order chi connectivity index (χ0) is 9.80. The molecule has 0 bridgehead atoms. The maximum atomic E-state index is 2.45. The van der Waals surface area contributed by atoms with Crippen LogP contribution in [0.1, 0.15) is 41.3 Å². The summed E-state index contributed by atoms with van der Waals surface area (Å²) in [7, 11) is 0. The van der Waals surface area contributed by atoms with E-state index < -0.39 is 0 Å². The fraction of sp³-hybridized carbons (Fsp3) is 0.385. The van der Waals surface area contributed by atoms with Gasteiger partial charge < -0.3 is 0 Å². The van der Waals surface area contributed by atoms with E-state index in [4.69, 9.17) is 0 Å². The number of hydrogen-bond donors (Lipinski definition) is 0. The number of fused-ring (bicyclic) bond motifs is 1. The molecule has 1 aliphatic rings. The second kappa shape index (κ2) is 5.01. The van der Waals surface area contributed by atoms with Crippen LogP contribution < -0.4 is 0 Å². The van der Waals surface area contributed by atoms with E-state index >= 15 is 0 Å². The molecule has 1 aromatic rings. The summed E-state index contributed by atoms with van der Waals surface area (Å²) >= 11 is 0.0910. The van der Waals surface area contributed by atoms with E-state index in [2.05, 4.69) is 41.4 Å². The Balaban J connectivity index is 2.18. The Morgan fingerprint density at radius 3 is 3.00 bits per heavy atom. The van der Waals surface area contributed by atoms with Gasteiger partial charge in [0.1, 0.15) is 0 Å². The van der Waals surface area contributed by atoms with Crippen molar-refractivity contribution < 1.29 is 0 Å². The molecule has 1 unspecified atom stereocenters. The van der Waals surface area contributed by atoms with Crippen molar-refractivity contribution in [1.82, 2.24) is 0 Å². The number of benzene rings is 1. The van der Waals surface area contributed by atoms with Crippen LogP contribution in [0.3, 0.4) is 0 Å². The molecule has 0 N–H and O–H groups in total. The van der Waals surface area contributed by atoms with E-state index in [1.807, 2.05) is 0 Å².